The molecule has 0 saturated heterocycles. The van der Waals surface area contributed by atoms with E-state index < -0.39 is 6.04 Å². The van der Waals surface area contributed by atoms with Crippen molar-refractivity contribution in [3.05, 3.63) is 22.7 Å². The zero-order chi connectivity index (χ0) is 12.8. The lowest BCUT2D eigenvalue weighted by Crippen LogP contribution is -2.39. The molecule has 0 aliphatic rings. The van der Waals surface area contributed by atoms with Crippen LogP contribution in [0.2, 0.25) is 0 Å². The van der Waals surface area contributed by atoms with Crippen LogP contribution in [-0.2, 0) is 9.53 Å². The van der Waals surface area contributed by atoms with E-state index in [-0.39, 0.29) is 12.5 Å². The summed E-state index contributed by atoms with van der Waals surface area (Å²) in [5.74, 6) is 0.347. The number of hydrogen-bond donors (Lipinski definition) is 2. The third kappa shape index (κ3) is 3.99. The molecule has 0 aliphatic carbocycles. The molecule has 0 heterocycles. The summed E-state index contributed by atoms with van der Waals surface area (Å²) in [5, 5.41) is 2.68. The van der Waals surface area contributed by atoms with Gasteiger partial charge in [-0.15, -0.1) is 0 Å². The van der Waals surface area contributed by atoms with Crippen LogP contribution in [0.25, 0.3) is 0 Å². The lowest BCUT2D eigenvalue weighted by atomic mass is 10.2. The van der Waals surface area contributed by atoms with E-state index >= 15 is 0 Å². The molecule has 94 valence electrons. The van der Waals surface area contributed by atoms with Crippen molar-refractivity contribution < 1.29 is 14.3 Å². The van der Waals surface area contributed by atoms with Gasteiger partial charge >= 0.3 is 0 Å². The van der Waals surface area contributed by atoms with Crippen molar-refractivity contribution in [1.29, 1.82) is 0 Å². The second-order valence-electron chi connectivity index (χ2n) is 3.40. The fraction of sp³-hybridized carbons (Fsp3) is 0.364. The molecule has 0 radical (unpaired) electrons. The number of nitrogens with two attached hydrogens (primary N) is 1. The third-order valence-corrected chi connectivity index (χ3v) is 2.76. The molecule has 1 rings (SSSR count). The summed E-state index contributed by atoms with van der Waals surface area (Å²) in [6.07, 6.45) is 0. The Bertz CT molecular complexity index is 398. The van der Waals surface area contributed by atoms with E-state index in [4.69, 9.17) is 15.2 Å². The maximum Gasteiger partial charge on any atom is 0.243 e. The molecular weight excluding hydrogens is 288 g/mol. The van der Waals surface area contributed by atoms with Crippen molar-refractivity contribution in [3.63, 3.8) is 0 Å². The van der Waals surface area contributed by atoms with Crippen molar-refractivity contribution in [1.82, 2.24) is 0 Å². The SMILES string of the molecule is COCC(N)C(=O)Nc1ccc(Br)c(OC)c1. The molecule has 6 heteroatoms. The van der Waals surface area contributed by atoms with Crippen LogP contribution in [0.4, 0.5) is 5.69 Å². The van der Waals surface area contributed by atoms with E-state index in [2.05, 4.69) is 21.2 Å². The number of hydrogen-bond acceptors (Lipinski definition) is 4. The van der Waals surface area contributed by atoms with Gasteiger partial charge in [-0.2, -0.15) is 0 Å². The Morgan fingerprint density at radius 3 is 2.82 bits per heavy atom. The number of rotatable bonds is 5. The van der Waals surface area contributed by atoms with E-state index in [1.54, 1.807) is 25.3 Å². The molecule has 17 heavy (non-hydrogen) atoms. The molecule has 0 saturated carbocycles. The molecule has 0 spiro atoms. The largest absolute Gasteiger partial charge is 0.495 e. The lowest BCUT2D eigenvalue weighted by molar-refractivity contribution is -0.118. The quantitative estimate of drug-likeness (QED) is 0.861. The maximum atomic E-state index is 11.6. The third-order valence-electron chi connectivity index (χ3n) is 2.10. The zero-order valence-electron chi connectivity index (χ0n) is 9.70. The van der Waals surface area contributed by atoms with E-state index in [1.165, 1.54) is 7.11 Å². The Morgan fingerprint density at radius 2 is 2.24 bits per heavy atom. The molecule has 1 amide bonds. The van der Waals surface area contributed by atoms with Crippen LogP contribution in [0.3, 0.4) is 0 Å². The fourth-order valence-electron chi connectivity index (χ4n) is 1.23. The normalized spacial score (nSPS) is 12.0. The topological polar surface area (TPSA) is 73.6 Å². The predicted octanol–water partition coefficient (Wildman–Crippen LogP) is 1.37. The number of carbonyl (C=O) groups excluding carboxylic acids is 1. The highest BCUT2D eigenvalue weighted by Crippen LogP contribution is 2.27. The molecule has 0 aromatic heterocycles. The second kappa shape index (κ2) is 6.58. The van der Waals surface area contributed by atoms with Crippen molar-refractivity contribution in [2.45, 2.75) is 6.04 Å². The van der Waals surface area contributed by atoms with Gasteiger partial charge in [-0.3, -0.25) is 4.79 Å². The fourth-order valence-corrected chi connectivity index (χ4v) is 1.64. The van der Waals surface area contributed by atoms with Gasteiger partial charge < -0.3 is 20.5 Å². The predicted molar refractivity (Wildman–Crippen MR) is 69.2 cm³/mol. The summed E-state index contributed by atoms with van der Waals surface area (Å²) in [4.78, 5) is 11.6. The number of amides is 1. The molecule has 0 aliphatic heterocycles. The van der Waals surface area contributed by atoms with Crippen LogP contribution in [0.1, 0.15) is 0 Å². The van der Waals surface area contributed by atoms with E-state index in [0.29, 0.717) is 11.4 Å². The number of ether oxygens (including phenoxy) is 2. The van der Waals surface area contributed by atoms with Crippen LogP contribution < -0.4 is 15.8 Å². The average Bonchev–Trinajstić information content (AvgIpc) is 2.31. The van der Waals surface area contributed by atoms with Crippen molar-refractivity contribution in [3.8, 4) is 5.75 Å². The minimum Gasteiger partial charge on any atom is -0.495 e. The molecule has 0 fully saturated rings. The first kappa shape index (κ1) is 14.0. The molecule has 5 nitrogen and oxygen atoms in total. The van der Waals surface area contributed by atoms with Gasteiger partial charge in [0.15, 0.2) is 0 Å². The van der Waals surface area contributed by atoms with E-state index in [9.17, 15) is 4.79 Å². The van der Waals surface area contributed by atoms with Gasteiger partial charge in [0.1, 0.15) is 11.8 Å². The number of methoxy groups -OCH3 is 2. The van der Waals surface area contributed by atoms with Gasteiger partial charge in [-0.25, -0.2) is 0 Å². The molecule has 1 unspecified atom stereocenters. The van der Waals surface area contributed by atoms with Gasteiger partial charge in [-0.1, -0.05) is 0 Å². The average molecular weight is 303 g/mol. The van der Waals surface area contributed by atoms with Crippen molar-refractivity contribution in [2.75, 3.05) is 26.1 Å². The highest BCUT2D eigenvalue weighted by molar-refractivity contribution is 9.10. The van der Waals surface area contributed by atoms with Crippen molar-refractivity contribution in [2.24, 2.45) is 5.73 Å². The maximum absolute atomic E-state index is 11.6. The second-order valence-corrected chi connectivity index (χ2v) is 4.25. The Labute approximate surface area is 108 Å². The number of benzene rings is 1. The van der Waals surface area contributed by atoms with E-state index in [1.807, 2.05) is 0 Å². The van der Waals surface area contributed by atoms with Crippen LogP contribution >= 0.6 is 15.9 Å². The van der Waals surface area contributed by atoms with Gasteiger partial charge in [0.25, 0.3) is 0 Å². The van der Waals surface area contributed by atoms with Gasteiger partial charge in [0, 0.05) is 18.9 Å². The first-order valence-electron chi connectivity index (χ1n) is 4.97. The number of carbonyl (C=O) groups is 1. The highest BCUT2D eigenvalue weighted by atomic mass is 79.9. The van der Waals surface area contributed by atoms with Crippen LogP contribution in [0.15, 0.2) is 22.7 Å². The smallest absolute Gasteiger partial charge is 0.243 e. The minimum atomic E-state index is -0.686. The van der Waals surface area contributed by atoms with Gasteiger partial charge in [0.05, 0.1) is 18.2 Å². The van der Waals surface area contributed by atoms with Crippen molar-refractivity contribution >= 4 is 27.5 Å². The molecule has 3 N–H and O–H groups in total. The standard InChI is InChI=1S/C11H15BrN2O3/c1-16-6-9(13)11(15)14-7-3-4-8(12)10(5-7)17-2/h3-5,9H,6,13H2,1-2H3,(H,14,15). The monoisotopic (exact) mass is 302 g/mol. The highest BCUT2D eigenvalue weighted by Gasteiger charge is 2.13. The van der Waals surface area contributed by atoms with E-state index in [0.717, 1.165) is 4.47 Å². The minimum absolute atomic E-state index is 0.180. The summed E-state index contributed by atoms with van der Waals surface area (Å²) in [5.41, 5.74) is 6.22. The lowest BCUT2D eigenvalue weighted by Gasteiger charge is -2.12. The molecule has 1 atom stereocenters. The van der Waals surface area contributed by atoms with Gasteiger partial charge in [0.2, 0.25) is 5.91 Å². The summed E-state index contributed by atoms with van der Waals surface area (Å²) in [6.45, 7) is 0.180. The summed E-state index contributed by atoms with van der Waals surface area (Å²) >= 11 is 3.33. The zero-order valence-corrected chi connectivity index (χ0v) is 11.3. The van der Waals surface area contributed by atoms with Crippen LogP contribution in [-0.4, -0.2) is 32.8 Å². The summed E-state index contributed by atoms with van der Waals surface area (Å²) in [7, 11) is 3.05. The Kier molecular flexibility index (Phi) is 5.40. The first-order valence-corrected chi connectivity index (χ1v) is 5.76. The molecular formula is C11H15BrN2O3. The Hall–Kier alpha value is -1.11. The Balaban J connectivity index is 2.71. The van der Waals surface area contributed by atoms with Crippen LogP contribution in [0.5, 0.6) is 5.75 Å². The Morgan fingerprint density at radius 1 is 1.53 bits per heavy atom. The summed E-state index contributed by atoms with van der Waals surface area (Å²) < 4.78 is 10.7. The molecule has 0 bridgehead atoms. The number of nitrogens with one attached hydrogen (secondary N) is 1. The van der Waals surface area contributed by atoms with Gasteiger partial charge in [-0.05, 0) is 28.1 Å². The van der Waals surface area contributed by atoms with Crippen LogP contribution in [0, 0.1) is 0 Å². The number of halogens is 1. The number of anilines is 1. The molecule has 1 aromatic carbocycles. The molecule has 1 aromatic rings. The first-order chi connectivity index (χ1) is 8.08. The summed E-state index contributed by atoms with van der Waals surface area (Å²) in [6, 6.07) is 4.57.